The van der Waals surface area contributed by atoms with Gasteiger partial charge in [0.05, 0.1) is 54.9 Å². The molecule has 0 fully saturated rings. The van der Waals surface area contributed by atoms with Crippen LogP contribution in [0.4, 0.5) is 0 Å². The second-order valence-corrected chi connectivity index (χ2v) is 18.1. The number of aliphatic hydroxyl groups excluding tert-OH is 1. The molecule has 0 radical (unpaired) electrons. The van der Waals surface area contributed by atoms with E-state index in [2.05, 4.69) is 55.4 Å². The van der Waals surface area contributed by atoms with Crippen molar-refractivity contribution in [3.8, 4) is 34.5 Å². The van der Waals surface area contributed by atoms with Crippen molar-refractivity contribution in [1.29, 1.82) is 0 Å². The number of rotatable bonds is 35. The van der Waals surface area contributed by atoms with Gasteiger partial charge in [0.25, 0.3) is 0 Å². The standard InChI is InChI=1S/C28H46O7.C28H44O7.CH4O.CH3.Pd/c2*1-7-11-13-20(9-3)18-34-27(30)23(28(31)35-19-21(10-4)14-12-8-2)15-22-16-24(32-5)26(29)25(17-22)33-6;1-2;;/h16-17,20-21,23,29H,7-15,18-19H2,1-6H3;15-17,20-21,29H,7-14,18-19H2,1-6H3;2H,1H3;1H3;/q;;;-1;. The Bertz CT molecular complexity index is 1730. The van der Waals surface area contributed by atoms with E-state index in [0.717, 1.165) is 110 Å². The van der Waals surface area contributed by atoms with Gasteiger partial charge in [0.15, 0.2) is 28.9 Å². The third kappa shape index (κ3) is 27.9. The second kappa shape index (κ2) is 44.7. The zero-order valence-electron chi connectivity index (χ0n) is 47.7. The Kier molecular flexibility index (Phi) is 44.6. The summed E-state index contributed by atoms with van der Waals surface area (Å²) in [5.41, 5.74) is 0.846. The van der Waals surface area contributed by atoms with Gasteiger partial charge in [-0.25, -0.2) is 9.59 Å². The van der Waals surface area contributed by atoms with Gasteiger partial charge in [-0.3, -0.25) is 9.59 Å². The number of aromatic hydroxyl groups is 2. The van der Waals surface area contributed by atoms with Crippen molar-refractivity contribution in [3.05, 3.63) is 48.4 Å². The fraction of sp³-hybridized carbons (Fsp3) is 0.672. The molecule has 0 saturated carbocycles. The first-order valence-electron chi connectivity index (χ1n) is 26.4. The number of hydrogen-bond acceptors (Lipinski definition) is 15. The van der Waals surface area contributed by atoms with Crippen LogP contribution in [-0.4, -0.2) is 101 Å². The van der Waals surface area contributed by atoms with Crippen LogP contribution in [0, 0.1) is 37.0 Å². The Hall–Kier alpha value is -4.52. The molecule has 0 aliphatic rings. The van der Waals surface area contributed by atoms with Crippen molar-refractivity contribution in [2.24, 2.45) is 29.6 Å². The van der Waals surface area contributed by atoms with E-state index in [0.29, 0.717) is 11.1 Å². The van der Waals surface area contributed by atoms with E-state index >= 15 is 0 Å². The van der Waals surface area contributed by atoms with Crippen LogP contribution in [-0.2, 0) is 65.0 Å². The fourth-order valence-corrected chi connectivity index (χ4v) is 7.67. The minimum absolute atomic E-state index is 0. The van der Waals surface area contributed by atoms with Gasteiger partial charge in [-0.05, 0) is 97.2 Å². The number of benzene rings is 2. The van der Waals surface area contributed by atoms with Crippen LogP contribution in [0.25, 0.3) is 6.08 Å². The van der Waals surface area contributed by atoms with Crippen molar-refractivity contribution < 1.29 is 92.8 Å². The normalized spacial score (nSPS) is 12.4. The molecule has 2 aromatic rings. The van der Waals surface area contributed by atoms with Gasteiger partial charge in [-0.2, -0.15) is 0 Å². The molecule has 430 valence electrons. The average Bonchev–Trinajstić information content (AvgIpc) is 3.40. The summed E-state index contributed by atoms with van der Waals surface area (Å²) in [4.78, 5) is 52.3. The van der Waals surface area contributed by atoms with Crippen LogP contribution in [0.5, 0.6) is 34.5 Å². The van der Waals surface area contributed by atoms with E-state index in [1.54, 1.807) is 12.1 Å². The number of aliphatic hydroxyl groups is 1. The van der Waals surface area contributed by atoms with Crippen LogP contribution in [0.3, 0.4) is 0 Å². The van der Waals surface area contributed by atoms with Gasteiger partial charge in [-0.1, -0.05) is 132 Å². The van der Waals surface area contributed by atoms with Gasteiger partial charge in [0.2, 0.25) is 11.5 Å². The Morgan fingerprint density at radius 2 is 0.770 bits per heavy atom. The summed E-state index contributed by atoms with van der Waals surface area (Å²) in [5.74, 6) is -2.29. The quantitative estimate of drug-likeness (QED) is 0.0112. The number of phenolic OH excluding ortho intramolecular Hbond substituents is 2. The molecule has 4 atom stereocenters. The second-order valence-electron chi connectivity index (χ2n) is 18.1. The molecular formula is C58H97O15Pd-. The smallest absolute Gasteiger partial charge is 0.345 e. The van der Waals surface area contributed by atoms with Gasteiger partial charge < -0.3 is 60.6 Å². The molecule has 0 spiro atoms. The topological polar surface area (TPSA) is 203 Å². The monoisotopic (exact) mass is 1140 g/mol. The number of esters is 4. The summed E-state index contributed by atoms with van der Waals surface area (Å²) in [5, 5.41) is 27.4. The van der Waals surface area contributed by atoms with E-state index in [4.69, 9.17) is 43.0 Å². The van der Waals surface area contributed by atoms with E-state index in [1.165, 1.54) is 46.6 Å². The maximum atomic E-state index is 13.1. The third-order valence-corrected chi connectivity index (χ3v) is 12.8. The van der Waals surface area contributed by atoms with Crippen LogP contribution < -0.4 is 18.9 Å². The molecule has 4 unspecified atom stereocenters. The SMILES string of the molecule is CCCCC(CC)COC(=O)C(=Cc1cc(OC)c(O)c(OC)c1)C(=O)OCC(CC)CCCC.CCCCC(CC)COC(=O)C(Cc1cc(OC)c(O)c(OC)c1)C(=O)OCC(CC)CCCC.CO.[CH3-].[Pd]. The van der Waals surface area contributed by atoms with Crippen LogP contribution in [0.15, 0.2) is 29.8 Å². The van der Waals surface area contributed by atoms with Gasteiger partial charge in [-0.15, -0.1) is 0 Å². The molecular weight excluding hydrogens is 1040 g/mol. The minimum atomic E-state index is -1.11. The third-order valence-electron chi connectivity index (χ3n) is 12.8. The molecule has 15 nitrogen and oxygen atoms in total. The summed E-state index contributed by atoms with van der Waals surface area (Å²) in [6.45, 7) is 17.9. The number of unbranched alkanes of at least 4 members (excludes halogenated alkanes) is 4. The first-order valence-corrected chi connectivity index (χ1v) is 26.4. The van der Waals surface area contributed by atoms with Crippen molar-refractivity contribution >= 4 is 30.0 Å². The molecule has 0 bridgehead atoms. The molecule has 0 aromatic heterocycles. The van der Waals surface area contributed by atoms with E-state index in [9.17, 15) is 29.4 Å². The molecule has 2 rings (SSSR count). The molecule has 0 heterocycles. The number of phenols is 2. The van der Waals surface area contributed by atoms with Gasteiger partial charge in [0, 0.05) is 27.5 Å². The molecule has 0 saturated heterocycles. The Morgan fingerprint density at radius 1 is 0.486 bits per heavy atom. The molecule has 74 heavy (non-hydrogen) atoms. The molecule has 0 aliphatic heterocycles. The van der Waals surface area contributed by atoms with E-state index in [1.807, 2.05) is 0 Å². The average molecular weight is 1140 g/mol. The molecule has 0 amide bonds. The number of hydrogen-bond donors (Lipinski definition) is 3. The fourth-order valence-electron chi connectivity index (χ4n) is 7.67. The number of ether oxygens (including phenoxy) is 8. The first kappa shape index (κ1) is 73.7. The first-order chi connectivity index (χ1) is 34.7. The number of carbonyl (C=O) groups excluding carboxylic acids is 4. The summed E-state index contributed by atoms with van der Waals surface area (Å²) in [6.07, 6.45) is 17.5. The summed E-state index contributed by atoms with van der Waals surface area (Å²) < 4.78 is 43.2. The van der Waals surface area contributed by atoms with Crippen LogP contribution in [0.1, 0.15) is 169 Å². The largest absolute Gasteiger partial charge is 0.502 e. The molecule has 16 heteroatoms. The van der Waals surface area contributed by atoms with Crippen LogP contribution in [0.2, 0.25) is 0 Å². The van der Waals surface area contributed by atoms with Crippen molar-refractivity contribution in [2.45, 2.75) is 165 Å². The summed E-state index contributed by atoms with van der Waals surface area (Å²) >= 11 is 0. The predicted octanol–water partition coefficient (Wildman–Crippen LogP) is 12.5. The minimum Gasteiger partial charge on any atom is -0.502 e. The zero-order valence-corrected chi connectivity index (χ0v) is 49.2. The zero-order chi connectivity index (χ0) is 54.4. The Balaban J connectivity index is -0.00000128. The van der Waals surface area contributed by atoms with E-state index < -0.39 is 29.8 Å². The van der Waals surface area contributed by atoms with Crippen molar-refractivity contribution in [1.82, 2.24) is 0 Å². The van der Waals surface area contributed by atoms with Crippen LogP contribution >= 0.6 is 0 Å². The van der Waals surface area contributed by atoms with Gasteiger partial charge in [0.1, 0.15) is 5.57 Å². The van der Waals surface area contributed by atoms with Gasteiger partial charge >= 0.3 is 23.9 Å². The number of methoxy groups -OCH3 is 4. The number of carbonyl (C=O) groups is 4. The maximum absolute atomic E-state index is 13.1. The predicted molar refractivity (Wildman–Crippen MR) is 289 cm³/mol. The molecule has 0 aliphatic carbocycles. The molecule has 3 N–H and O–H groups in total. The maximum Gasteiger partial charge on any atom is 0.345 e. The Labute approximate surface area is 459 Å². The van der Waals surface area contributed by atoms with E-state index in [-0.39, 0.29) is 124 Å². The molecule has 2 aromatic carbocycles. The Morgan fingerprint density at radius 3 is 1.04 bits per heavy atom. The summed E-state index contributed by atoms with van der Waals surface area (Å²) in [6, 6.07) is 6.23. The van der Waals surface area contributed by atoms with Crippen molar-refractivity contribution in [2.75, 3.05) is 62.0 Å². The summed E-state index contributed by atoms with van der Waals surface area (Å²) in [7, 11) is 6.68. The van der Waals surface area contributed by atoms with Crippen molar-refractivity contribution in [3.63, 3.8) is 0 Å².